The standard InChI is InChI=1S/C24H31N3O4/c1-17-11-21-23(31-17)15-22(24(28)25-7-10-26-8-5-4-6-9-26)27(21)16-18-12-19(29-2)14-20(13-18)30-3/h11-15H,4-10,16H2,1-3H3,(H,25,28). The van der Waals surface area contributed by atoms with Crippen LogP contribution in [0.3, 0.4) is 0 Å². The lowest BCUT2D eigenvalue weighted by Gasteiger charge is -2.26. The average molecular weight is 426 g/mol. The van der Waals surface area contributed by atoms with Crippen LogP contribution >= 0.6 is 0 Å². The highest BCUT2D eigenvalue weighted by atomic mass is 16.5. The maximum absolute atomic E-state index is 13.1. The number of hydrogen-bond donors (Lipinski definition) is 1. The highest BCUT2D eigenvalue weighted by Gasteiger charge is 2.19. The number of nitrogens with one attached hydrogen (secondary N) is 1. The number of likely N-dealkylation sites (tertiary alicyclic amines) is 1. The van der Waals surface area contributed by atoms with Gasteiger partial charge in [-0.15, -0.1) is 0 Å². The summed E-state index contributed by atoms with van der Waals surface area (Å²) in [6, 6.07) is 9.55. The number of aryl methyl sites for hydroxylation is 1. The van der Waals surface area contributed by atoms with E-state index in [2.05, 4.69) is 10.2 Å². The number of carbonyl (C=O) groups is 1. The summed E-state index contributed by atoms with van der Waals surface area (Å²) >= 11 is 0. The first-order chi connectivity index (χ1) is 15.1. The molecule has 2 aromatic heterocycles. The lowest BCUT2D eigenvalue weighted by Crippen LogP contribution is -2.38. The van der Waals surface area contributed by atoms with Crippen molar-refractivity contribution in [3.05, 3.63) is 47.3 Å². The molecule has 1 aliphatic rings. The highest BCUT2D eigenvalue weighted by molar-refractivity contribution is 5.97. The molecule has 0 atom stereocenters. The lowest BCUT2D eigenvalue weighted by molar-refractivity contribution is 0.0938. The van der Waals surface area contributed by atoms with Crippen LogP contribution in [0.25, 0.3) is 11.1 Å². The van der Waals surface area contributed by atoms with E-state index in [-0.39, 0.29) is 5.91 Å². The number of furan rings is 1. The number of benzene rings is 1. The minimum atomic E-state index is -0.0871. The van der Waals surface area contributed by atoms with E-state index in [1.54, 1.807) is 14.2 Å². The zero-order valence-corrected chi connectivity index (χ0v) is 18.6. The van der Waals surface area contributed by atoms with Crippen LogP contribution in [0, 0.1) is 6.92 Å². The van der Waals surface area contributed by atoms with Gasteiger partial charge in [0, 0.05) is 37.8 Å². The van der Waals surface area contributed by atoms with E-state index >= 15 is 0 Å². The van der Waals surface area contributed by atoms with Gasteiger partial charge in [0.25, 0.3) is 5.91 Å². The highest BCUT2D eigenvalue weighted by Crippen LogP contribution is 2.28. The fraction of sp³-hybridized carbons (Fsp3) is 0.458. The molecule has 3 heterocycles. The maximum atomic E-state index is 13.1. The minimum absolute atomic E-state index is 0.0871. The third-order valence-electron chi connectivity index (χ3n) is 5.86. The van der Waals surface area contributed by atoms with Crippen molar-refractivity contribution >= 4 is 17.0 Å². The molecular formula is C24H31N3O4. The number of aromatic nitrogens is 1. The van der Waals surface area contributed by atoms with Crippen molar-refractivity contribution < 1.29 is 18.7 Å². The number of nitrogens with zero attached hydrogens (tertiary/aromatic N) is 2. The predicted molar refractivity (Wildman–Crippen MR) is 120 cm³/mol. The summed E-state index contributed by atoms with van der Waals surface area (Å²) in [6.45, 7) is 6.18. The van der Waals surface area contributed by atoms with Crippen molar-refractivity contribution in [1.82, 2.24) is 14.8 Å². The summed E-state index contributed by atoms with van der Waals surface area (Å²) in [4.78, 5) is 15.5. The first kappa shape index (κ1) is 21.3. The van der Waals surface area contributed by atoms with E-state index in [1.807, 2.05) is 41.8 Å². The number of methoxy groups -OCH3 is 2. The van der Waals surface area contributed by atoms with Crippen molar-refractivity contribution in [3.63, 3.8) is 0 Å². The third kappa shape index (κ3) is 4.88. The first-order valence-corrected chi connectivity index (χ1v) is 10.9. The second-order valence-electron chi connectivity index (χ2n) is 8.10. The van der Waals surface area contributed by atoms with Crippen molar-refractivity contribution in [1.29, 1.82) is 0 Å². The molecular weight excluding hydrogens is 394 g/mol. The zero-order chi connectivity index (χ0) is 21.8. The molecule has 1 aromatic carbocycles. The smallest absolute Gasteiger partial charge is 0.268 e. The molecule has 0 saturated carbocycles. The molecule has 3 aromatic rings. The largest absolute Gasteiger partial charge is 0.497 e. The van der Waals surface area contributed by atoms with E-state index in [0.29, 0.717) is 35.9 Å². The number of amides is 1. The van der Waals surface area contributed by atoms with Gasteiger partial charge in [0.2, 0.25) is 0 Å². The van der Waals surface area contributed by atoms with E-state index < -0.39 is 0 Å². The fourth-order valence-corrected chi connectivity index (χ4v) is 4.26. The van der Waals surface area contributed by atoms with E-state index in [9.17, 15) is 4.79 Å². The molecule has 1 fully saturated rings. The molecule has 4 rings (SSSR count). The van der Waals surface area contributed by atoms with Gasteiger partial charge in [-0.2, -0.15) is 0 Å². The summed E-state index contributed by atoms with van der Waals surface area (Å²) in [5.41, 5.74) is 3.19. The fourth-order valence-electron chi connectivity index (χ4n) is 4.26. The summed E-state index contributed by atoms with van der Waals surface area (Å²) < 4.78 is 18.6. The van der Waals surface area contributed by atoms with Gasteiger partial charge in [0.15, 0.2) is 5.58 Å². The van der Waals surface area contributed by atoms with Crippen LogP contribution in [-0.2, 0) is 6.54 Å². The molecule has 0 radical (unpaired) electrons. The number of piperidine rings is 1. The number of ether oxygens (including phenoxy) is 2. The molecule has 0 unspecified atom stereocenters. The average Bonchev–Trinajstić information content (AvgIpc) is 3.31. The Morgan fingerprint density at radius 3 is 2.42 bits per heavy atom. The maximum Gasteiger partial charge on any atom is 0.268 e. The molecule has 31 heavy (non-hydrogen) atoms. The Kier molecular flexibility index (Phi) is 6.51. The lowest BCUT2D eigenvalue weighted by atomic mass is 10.1. The summed E-state index contributed by atoms with van der Waals surface area (Å²) in [5, 5.41) is 3.09. The molecule has 1 saturated heterocycles. The monoisotopic (exact) mass is 425 g/mol. The van der Waals surface area contributed by atoms with Crippen LogP contribution in [0.4, 0.5) is 0 Å². The van der Waals surface area contributed by atoms with Gasteiger partial charge in [-0.05, 0) is 50.6 Å². The number of rotatable bonds is 8. The van der Waals surface area contributed by atoms with Crippen molar-refractivity contribution in [2.45, 2.75) is 32.7 Å². The van der Waals surface area contributed by atoms with E-state index in [4.69, 9.17) is 13.9 Å². The summed E-state index contributed by atoms with van der Waals surface area (Å²) in [6.07, 6.45) is 3.80. The minimum Gasteiger partial charge on any atom is -0.497 e. The Morgan fingerprint density at radius 1 is 1.03 bits per heavy atom. The van der Waals surface area contributed by atoms with Crippen LogP contribution in [0.2, 0.25) is 0 Å². The van der Waals surface area contributed by atoms with Crippen LogP contribution in [0.15, 0.2) is 34.7 Å². The van der Waals surface area contributed by atoms with Gasteiger partial charge in [-0.3, -0.25) is 4.79 Å². The van der Waals surface area contributed by atoms with Gasteiger partial charge >= 0.3 is 0 Å². The number of fused-ring (bicyclic) bond motifs is 1. The predicted octanol–water partition coefficient (Wildman–Crippen LogP) is 3.82. The van der Waals surface area contributed by atoms with E-state index in [1.165, 1.54) is 19.3 Å². The van der Waals surface area contributed by atoms with Crippen molar-refractivity contribution in [2.75, 3.05) is 40.4 Å². The third-order valence-corrected chi connectivity index (χ3v) is 5.86. The Balaban J connectivity index is 1.56. The van der Waals surface area contributed by atoms with Crippen LogP contribution in [-0.4, -0.2) is 55.8 Å². The number of hydrogen-bond acceptors (Lipinski definition) is 5. The summed E-state index contributed by atoms with van der Waals surface area (Å²) in [7, 11) is 3.26. The number of carbonyl (C=O) groups excluding carboxylic acids is 1. The molecule has 7 heteroatoms. The van der Waals surface area contributed by atoms with Crippen LogP contribution in [0.5, 0.6) is 11.5 Å². The second kappa shape index (κ2) is 9.47. The molecule has 1 amide bonds. The Bertz CT molecular complexity index is 1020. The Morgan fingerprint density at radius 2 is 1.74 bits per heavy atom. The molecule has 0 bridgehead atoms. The summed E-state index contributed by atoms with van der Waals surface area (Å²) in [5.74, 6) is 2.16. The van der Waals surface area contributed by atoms with Gasteiger partial charge in [0.05, 0.1) is 19.7 Å². The van der Waals surface area contributed by atoms with Gasteiger partial charge in [-0.1, -0.05) is 6.42 Å². The van der Waals surface area contributed by atoms with Crippen molar-refractivity contribution in [3.8, 4) is 11.5 Å². The molecule has 7 nitrogen and oxygen atoms in total. The first-order valence-electron chi connectivity index (χ1n) is 10.9. The second-order valence-corrected chi connectivity index (χ2v) is 8.10. The Labute approximate surface area is 182 Å². The molecule has 1 aliphatic heterocycles. The van der Waals surface area contributed by atoms with Crippen LogP contribution < -0.4 is 14.8 Å². The van der Waals surface area contributed by atoms with E-state index in [0.717, 1.165) is 36.5 Å². The van der Waals surface area contributed by atoms with Gasteiger partial charge < -0.3 is 28.7 Å². The molecule has 166 valence electrons. The SMILES string of the molecule is COc1cc(Cn2c(C(=O)NCCN3CCCCC3)cc3oc(C)cc32)cc(OC)c1. The normalized spacial score (nSPS) is 14.7. The molecule has 0 aliphatic carbocycles. The molecule has 1 N–H and O–H groups in total. The zero-order valence-electron chi connectivity index (χ0n) is 18.6. The van der Waals surface area contributed by atoms with Crippen LogP contribution in [0.1, 0.15) is 41.1 Å². The quantitative estimate of drug-likeness (QED) is 0.594. The Hall–Kier alpha value is -2.93. The molecule has 0 spiro atoms. The topological polar surface area (TPSA) is 68.9 Å². The van der Waals surface area contributed by atoms with Crippen molar-refractivity contribution in [2.24, 2.45) is 0 Å². The van der Waals surface area contributed by atoms with Gasteiger partial charge in [-0.25, -0.2) is 0 Å². The van der Waals surface area contributed by atoms with Gasteiger partial charge in [0.1, 0.15) is 23.0 Å².